The lowest BCUT2D eigenvalue weighted by molar-refractivity contribution is -0.387. The lowest BCUT2D eigenvalue weighted by Crippen LogP contribution is -2.33. The molecule has 1 aromatic carbocycles. The molecule has 1 heterocycles. The molecular weight excluding hydrogens is 292 g/mol. The summed E-state index contributed by atoms with van der Waals surface area (Å²) in [6.07, 6.45) is 4.62. The minimum Gasteiger partial charge on any atom is -0.366 e. The molecular formula is C14H18N2O4S. The summed E-state index contributed by atoms with van der Waals surface area (Å²) in [7, 11) is -3.64. The molecule has 0 spiro atoms. The van der Waals surface area contributed by atoms with E-state index >= 15 is 0 Å². The second-order valence-corrected chi connectivity index (χ2v) is 7.20. The van der Waals surface area contributed by atoms with E-state index in [1.807, 2.05) is 11.0 Å². The Morgan fingerprint density at radius 1 is 1.38 bits per heavy atom. The van der Waals surface area contributed by atoms with Crippen LogP contribution in [0, 0.1) is 16.0 Å². The molecule has 1 fully saturated rings. The summed E-state index contributed by atoms with van der Waals surface area (Å²) in [6, 6.07) is 4.45. The van der Waals surface area contributed by atoms with Crippen molar-refractivity contribution in [3.8, 4) is 0 Å². The topological polar surface area (TPSA) is 80.5 Å². The van der Waals surface area contributed by atoms with Crippen molar-refractivity contribution in [1.29, 1.82) is 0 Å². The Morgan fingerprint density at radius 3 is 2.48 bits per heavy atom. The molecule has 0 unspecified atom stereocenters. The summed E-state index contributed by atoms with van der Waals surface area (Å²) in [5.41, 5.74) is 0.0579. The van der Waals surface area contributed by atoms with E-state index in [1.165, 1.54) is 6.07 Å². The van der Waals surface area contributed by atoms with Crippen LogP contribution < -0.4 is 4.90 Å². The molecule has 0 amide bonds. The van der Waals surface area contributed by atoms with Crippen molar-refractivity contribution < 1.29 is 13.3 Å². The highest BCUT2D eigenvalue weighted by Gasteiger charge is 2.30. The Kier molecular flexibility index (Phi) is 4.32. The molecule has 1 saturated heterocycles. The van der Waals surface area contributed by atoms with E-state index in [1.54, 1.807) is 12.1 Å². The summed E-state index contributed by atoms with van der Waals surface area (Å²) in [5, 5.41) is 11.4. The molecule has 114 valence electrons. The normalized spacial score (nSPS) is 16.7. The summed E-state index contributed by atoms with van der Waals surface area (Å²) < 4.78 is 23.5. The van der Waals surface area contributed by atoms with Crippen molar-refractivity contribution in [3.05, 3.63) is 41.0 Å². The van der Waals surface area contributed by atoms with Crippen molar-refractivity contribution in [2.45, 2.75) is 17.7 Å². The Morgan fingerprint density at radius 2 is 2.00 bits per heavy atom. The molecule has 0 radical (unpaired) electrons. The van der Waals surface area contributed by atoms with Gasteiger partial charge in [-0.05, 0) is 30.9 Å². The van der Waals surface area contributed by atoms with Crippen LogP contribution in [0.3, 0.4) is 0 Å². The van der Waals surface area contributed by atoms with E-state index in [0.29, 0.717) is 24.7 Å². The van der Waals surface area contributed by atoms with E-state index in [-0.39, 0.29) is 10.6 Å². The molecule has 6 nitrogen and oxygen atoms in total. The molecule has 1 aromatic rings. The number of rotatable bonds is 4. The summed E-state index contributed by atoms with van der Waals surface area (Å²) in [5.74, 6) is 0.415. The Balaban J connectivity index is 2.45. The van der Waals surface area contributed by atoms with Gasteiger partial charge >= 0.3 is 5.69 Å². The van der Waals surface area contributed by atoms with E-state index in [2.05, 4.69) is 6.58 Å². The number of hydrogen-bond acceptors (Lipinski definition) is 5. The van der Waals surface area contributed by atoms with Gasteiger partial charge in [-0.1, -0.05) is 12.1 Å². The molecule has 2 rings (SSSR count). The lowest BCUT2D eigenvalue weighted by Gasteiger charge is -2.32. The van der Waals surface area contributed by atoms with Gasteiger partial charge in [0.05, 0.1) is 4.92 Å². The third kappa shape index (κ3) is 3.24. The van der Waals surface area contributed by atoms with Crippen LogP contribution in [0.15, 0.2) is 35.7 Å². The van der Waals surface area contributed by atoms with E-state index in [4.69, 9.17) is 0 Å². The van der Waals surface area contributed by atoms with Crippen molar-refractivity contribution in [3.63, 3.8) is 0 Å². The van der Waals surface area contributed by atoms with E-state index < -0.39 is 14.8 Å². The Labute approximate surface area is 124 Å². The minimum absolute atomic E-state index is 0.226. The van der Waals surface area contributed by atoms with Crippen LogP contribution in [0.5, 0.6) is 0 Å². The number of nitro benzene ring substituents is 1. The number of nitrogens with zero attached hydrogens (tertiary/aromatic N) is 2. The second-order valence-electron chi connectivity index (χ2n) is 5.21. The number of sulfone groups is 1. The SMILES string of the molecule is C=CC1CCN(c2cccc(S(C)(=O)=O)c2[N+](=O)[O-])CC1. The first-order valence-corrected chi connectivity index (χ1v) is 8.58. The number of allylic oxidation sites excluding steroid dienone is 1. The maximum Gasteiger partial charge on any atom is 0.311 e. The minimum atomic E-state index is -3.64. The van der Waals surface area contributed by atoms with Crippen LogP contribution in [-0.4, -0.2) is 32.7 Å². The van der Waals surface area contributed by atoms with Gasteiger partial charge in [-0.3, -0.25) is 10.1 Å². The van der Waals surface area contributed by atoms with Gasteiger partial charge in [-0.2, -0.15) is 0 Å². The monoisotopic (exact) mass is 310 g/mol. The summed E-state index contributed by atoms with van der Waals surface area (Å²) >= 11 is 0. The zero-order valence-corrected chi connectivity index (χ0v) is 12.7. The molecule has 0 aromatic heterocycles. The smallest absolute Gasteiger partial charge is 0.311 e. The van der Waals surface area contributed by atoms with Crippen LogP contribution in [0.25, 0.3) is 0 Å². The van der Waals surface area contributed by atoms with Gasteiger partial charge in [0, 0.05) is 19.3 Å². The van der Waals surface area contributed by atoms with Crippen molar-refractivity contribution in [2.24, 2.45) is 5.92 Å². The number of hydrogen-bond donors (Lipinski definition) is 0. The van der Waals surface area contributed by atoms with Crippen molar-refractivity contribution >= 4 is 21.2 Å². The zero-order valence-electron chi connectivity index (χ0n) is 11.9. The first kappa shape index (κ1) is 15.5. The van der Waals surface area contributed by atoms with E-state index in [9.17, 15) is 18.5 Å². The molecule has 7 heteroatoms. The van der Waals surface area contributed by atoms with Gasteiger partial charge in [0.15, 0.2) is 9.84 Å². The fraction of sp³-hybridized carbons (Fsp3) is 0.429. The van der Waals surface area contributed by atoms with Crippen LogP contribution in [0.2, 0.25) is 0 Å². The quantitative estimate of drug-likeness (QED) is 0.484. The van der Waals surface area contributed by atoms with E-state index in [0.717, 1.165) is 19.1 Å². The van der Waals surface area contributed by atoms with Crippen molar-refractivity contribution in [1.82, 2.24) is 0 Å². The van der Waals surface area contributed by atoms with Crippen LogP contribution >= 0.6 is 0 Å². The number of benzene rings is 1. The van der Waals surface area contributed by atoms with Gasteiger partial charge < -0.3 is 4.90 Å². The first-order valence-electron chi connectivity index (χ1n) is 6.69. The number of para-hydroxylation sites is 1. The number of nitro groups is 1. The fourth-order valence-corrected chi connectivity index (χ4v) is 3.48. The van der Waals surface area contributed by atoms with Gasteiger partial charge in [-0.15, -0.1) is 6.58 Å². The second kappa shape index (κ2) is 5.85. The number of piperidine rings is 1. The average molecular weight is 310 g/mol. The van der Waals surface area contributed by atoms with Crippen LogP contribution in [0.1, 0.15) is 12.8 Å². The molecule has 0 saturated carbocycles. The van der Waals surface area contributed by atoms with Crippen LogP contribution in [-0.2, 0) is 9.84 Å². The lowest BCUT2D eigenvalue weighted by atomic mass is 9.96. The first-order chi connectivity index (χ1) is 9.84. The van der Waals surface area contributed by atoms with Gasteiger partial charge in [0.1, 0.15) is 10.6 Å². The molecule has 0 atom stereocenters. The van der Waals surface area contributed by atoms with Crippen molar-refractivity contribution in [2.75, 3.05) is 24.2 Å². The predicted molar refractivity (Wildman–Crippen MR) is 81.3 cm³/mol. The number of anilines is 1. The largest absolute Gasteiger partial charge is 0.366 e. The standard InChI is InChI=1S/C14H18N2O4S/c1-3-11-7-9-15(10-8-11)12-5-4-6-13(21(2,19)20)14(12)16(17)18/h3-6,11H,1,7-10H2,2H3. The third-order valence-corrected chi connectivity index (χ3v) is 4.90. The summed E-state index contributed by atoms with van der Waals surface area (Å²) in [6.45, 7) is 5.08. The average Bonchev–Trinajstić information content (AvgIpc) is 2.45. The highest BCUT2D eigenvalue weighted by Crippen LogP contribution is 2.36. The van der Waals surface area contributed by atoms with Crippen LogP contribution in [0.4, 0.5) is 11.4 Å². The predicted octanol–water partition coefficient (Wildman–Crippen LogP) is 2.40. The molecule has 1 aliphatic heterocycles. The fourth-order valence-electron chi connectivity index (χ4n) is 2.62. The molecule has 0 N–H and O–H groups in total. The van der Waals surface area contributed by atoms with Gasteiger partial charge in [0.25, 0.3) is 0 Å². The Hall–Kier alpha value is -1.89. The highest BCUT2D eigenvalue weighted by atomic mass is 32.2. The molecule has 0 aliphatic carbocycles. The maximum absolute atomic E-state index is 11.8. The third-order valence-electron chi connectivity index (χ3n) is 3.77. The molecule has 1 aliphatic rings. The van der Waals surface area contributed by atoms with Gasteiger partial charge in [0.2, 0.25) is 0 Å². The maximum atomic E-state index is 11.8. The zero-order chi connectivity index (χ0) is 15.6. The summed E-state index contributed by atoms with van der Waals surface area (Å²) in [4.78, 5) is 12.4. The molecule has 0 bridgehead atoms. The van der Waals surface area contributed by atoms with Gasteiger partial charge in [-0.25, -0.2) is 8.42 Å². The molecule has 21 heavy (non-hydrogen) atoms. The highest BCUT2D eigenvalue weighted by molar-refractivity contribution is 7.90. The Bertz CT molecular complexity index is 662.